The Labute approximate surface area is 138 Å². The summed E-state index contributed by atoms with van der Waals surface area (Å²) in [4.78, 5) is 0. The Balaban J connectivity index is 1.89. The minimum Gasteiger partial charge on any atom is -0.378 e. The van der Waals surface area contributed by atoms with Gasteiger partial charge >= 0.3 is 0 Å². The molecule has 2 aromatic rings. The largest absolute Gasteiger partial charge is 0.378 e. The van der Waals surface area contributed by atoms with Crippen LogP contribution in [0.15, 0.2) is 29.4 Å². The molecule has 0 bridgehead atoms. The van der Waals surface area contributed by atoms with E-state index >= 15 is 0 Å². The number of aromatic nitrogens is 1. The van der Waals surface area contributed by atoms with Crippen molar-refractivity contribution in [2.24, 2.45) is 5.10 Å². The molecule has 4 heteroatoms. The van der Waals surface area contributed by atoms with Gasteiger partial charge in [-0.2, -0.15) is 5.10 Å². The van der Waals surface area contributed by atoms with Crippen molar-refractivity contribution < 1.29 is 4.74 Å². The first-order chi connectivity index (χ1) is 11.1. The number of nitrogens with zero attached hydrogens (tertiary/aromatic N) is 3. The Kier molecular flexibility index (Phi) is 4.53. The molecule has 0 atom stereocenters. The predicted octanol–water partition coefficient (Wildman–Crippen LogP) is 3.38. The maximum Gasteiger partial charge on any atom is 0.0659 e. The highest BCUT2D eigenvalue weighted by Crippen LogP contribution is 2.22. The van der Waals surface area contributed by atoms with Crippen molar-refractivity contribution in [2.75, 3.05) is 26.3 Å². The van der Waals surface area contributed by atoms with Crippen molar-refractivity contribution in [3.63, 3.8) is 0 Å². The number of hydrogen-bond acceptors (Lipinski definition) is 3. The van der Waals surface area contributed by atoms with Crippen LogP contribution in [0, 0.1) is 27.7 Å². The smallest absolute Gasteiger partial charge is 0.0659 e. The zero-order chi connectivity index (χ0) is 16.4. The first-order valence-corrected chi connectivity index (χ1v) is 8.19. The van der Waals surface area contributed by atoms with Crippen LogP contribution in [0.2, 0.25) is 0 Å². The predicted molar refractivity (Wildman–Crippen MR) is 94.7 cm³/mol. The van der Waals surface area contributed by atoms with E-state index in [-0.39, 0.29) is 0 Å². The van der Waals surface area contributed by atoms with Crippen molar-refractivity contribution in [1.82, 2.24) is 9.58 Å². The molecule has 1 aliphatic heterocycles. The first kappa shape index (κ1) is 15.8. The topological polar surface area (TPSA) is 29.8 Å². The van der Waals surface area contributed by atoms with Crippen LogP contribution in [0.25, 0.3) is 5.69 Å². The summed E-state index contributed by atoms with van der Waals surface area (Å²) in [6.45, 7) is 11.9. The van der Waals surface area contributed by atoms with Crippen molar-refractivity contribution in [3.8, 4) is 5.69 Å². The minimum atomic E-state index is 0.763. The summed E-state index contributed by atoms with van der Waals surface area (Å²) in [6, 6.07) is 8.82. The first-order valence-electron chi connectivity index (χ1n) is 8.19. The number of aryl methyl sites for hydroxylation is 3. The van der Waals surface area contributed by atoms with Gasteiger partial charge in [-0.3, -0.25) is 5.01 Å². The third-order valence-corrected chi connectivity index (χ3v) is 4.57. The highest BCUT2D eigenvalue weighted by molar-refractivity contribution is 5.82. The number of rotatable bonds is 3. The molecule has 0 spiro atoms. The normalized spacial score (nSPS) is 15.6. The van der Waals surface area contributed by atoms with Crippen LogP contribution in [-0.4, -0.2) is 42.1 Å². The molecule has 0 aliphatic carbocycles. The Morgan fingerprint density at radius 3 is 2.43 bits per heavy atom. The molecule has 0 unspecified atom stereocenters. The summed E-state index contributed by atoms with van der Waals surface area (Å²) in [7, 11) is 0. The monoisotopic (exact) mass is 311 g/mol. The summed E-state index contributed by atoms with van der Waals surface area (Å²) in [6.07, 6.45) is 1.98. The van der Waals surface area contributed by atoms with E-state index in [4.69, 9.17) is 4.74 Å². The Morgan fingerprint density at radius 2 is 1.74 bits per heavy atom. The lowest BCUT2D eigenvalue weighted by Crippen LogP contribution is -2.32. The maximum absolute atomic E-state index is 5.36. The van der Waals surface area contributed by atoms with Gasteiger partial charge in [-0.25, -0.2) is 0 Å². The molecule has 0 N–H and O–H groups in total. The van der Waals surface area contributed by atoms with E-state index in [0.29, 0.717) is 0 Å². The van der Waals surface area contributed by atoms with E-state index < -0.39 is 0 Å². The van der Waals surface area contributed by atoms with Crippen LogP contribution in [0.3, 0.4) is 0 Å². The third-order valence-electron chi connectivity index (χ3n) is 4.57. The quantitative estimate of drug-likeness (QED) is 0.813. The lowest BCUT2D eigenvalue weighted by atomic mass is 10.1. The Morgan fingerprint density at radius 1 is 1.00 bits per heavy atom. The SMILES string of the molecule is Cc1ccc(-n2c(C)cc(/C=N/N3CCOCC3)c2C)cc1C. The molecule has 0 saturated carbocycles. The van der Waals surface area contributed by atoms with E-state index in [1.54, 1.807) is 0 Å². The second-order valence-electron chi connectivity index (χ2n) is 6.24. The van der Waals surface area contributed by atoms with Crippen LogP contribution in [0.4, 0.5) is 0 Å². The molecule has 0 amide bonds. The van der Waals surface area contributed by atoms with Gasteiger partial charge in [0.1, 0.15) is 0 Å². The highest BCUT2D eigenvalue weighted by Gasteiger charge is 2.11. The van der Waals surface area contributed by atoms with Gasteiger partial charge in [-0.1, -0.05) is 6.07 Å². The molecule has 4 nitrogen and oxygen atoms in total. The number of ether oxygens (including phenoxy) is 1. The van der Waals surface area contributed by atoms with E-state index in [1.165, 1.54) is 33.8 Å². The summed E-state index contributed by atoms with van der Waals surface area (Å²) in [5, 5.41) is 6.68. The van der Waals surface area contributed by atoms with Crippen LogP contribution in [-0.2, 0) is 4.74 Å². The molecule has 2 heterocycles. The molecule has 1 saturated heterocycles. The van der Waals surface area contributed by atoms with E-state index in [1.807, 2.05) is 6.21 Å². The van der Waals surface area contributed by atoms with Crippen molar-refractivity contribution >= 4 is 6.21 Å². The molecule has 23 heavy (non-hydrogen) atoms. The van der Waals surface area contributed by atoms with Crippen LogP contribution in [0.5, 0.6) is 0 Å². The van der Waals surface area contributed by atoms with Crippen molar-refractivity contribution in [3.05, 3.63) is 52.3 Å². The van der Waals surface area contributed by atoms with E-state index in [0.717, 1.165) is 26.3 Å². The molecule has 0 radical (unpaired) electrons. The molecule has 1 aliphatic rings. The van der Waals surface area contributed by atoms with Crippen LogP contribution >= 0.6 is 0 Å². The molecule has 122 valence electrons. The van der Waals surface area contributed by atoms with Crippen molar-refractivity contribution in [1.29, 1.82) is 0 Å². The highest BCUT2D eigenvalue weighted by atomic mass is 16.5. The number of hydrazone groups is 1. The van der Waals surface area contributed by atoms with Crippen LogP contribution in [0.1, 0.15) is 28.1 Å². The average Bonchev–Trinajstić information content (AvgIpc) is 2.83. The van der Waals surface area contributed by atoms with Gasteiger partial charge in [0, 0.05) is 22.6 Å². The number of morpholine rings is 1. The van der Waals surface area contributed by atoms with Crippen molar-refractivity contribution in [2.45, 2.75) is 27.7 Å². The molecular formula is C19H25N3O. The summed E-state index contributed by atoms with van der Waals surface area (Å²) < 4.78 is 7.66. The molecule has 3 rings (SSSR count). The fraction of sp³-hybridized carbons (Fsp3) is 0.421. The van der Waals surface area contributed by atoms with Gasteiger partial charge in [-0.15, -0.1) is 0 Å². The van der Waals surface area contributed by atoms with Gasteiger partial charge in [-0.05, 0) is 57.0 Å². The Bertz CT molecular complexity index is 724. The zero-order valence-corrected chi connectivity index (χ0v) is 14.5. The second-order valence-corrected chi connectivity index (χ2v) is 6.24. The zero-order valence-electron chi connectivity index (χ0n) is 14.5. The fourth-order valence-corrected chi connectivity index (χ4v) is 2.99. The van der Waals surface area contributed by atoms with Gasteiger partial charge < -0.3 is 9.30 Å². The summed E-state index contributed by atoms with van der Waals surface area (Å²) in [5.41, 5.74) is 7.49. The minimum absolute atomic E-state index is 0.763. The Hall–Kier alpha value is -2.07. The van der Waals surface area contributed by atoms with Gasteiger partial charge in [0.05, 0.1) is 32.5 Å². The molecular weight excluding hydrogens is 286 g/mol. The van der Waals surface area contributed by atoms with Gasteiger partial charge in [0.25, 0.3) is 0 Å². The number of benzene rings is 1. The molecule has 1 aromatic carbocycles. The summed E-state index contributed by atoms with van der Waals surface area (Å²) >= 11 is 0. The second kappa shape index (κ2) is 6.59. The van der Waals surface area contributed by atoms with Crippen LogP contribution < -0.4 is 0 Å². The standard InChI is InChI=1S/C19H25N3O/c1-14-5-6-19(11-15(14)2)22-16(3)12-18(17(22)4)13-20-21-7-9-23-10-8-21/h5-6,11-13H,7-10H2,1-4H3/b20-13+. The lowest BCUT2D eigenvalue weighted by molar-refractivity contribution is 0.0397. The van der Waals surface area contributed by atoms with E-state index in [9.17, 15) is 0 Å². The number of hydrogen-bond donors (Lipinski definition) is 0. The fourth-order valence-electron chi connectivity index (χ4n) is 2.99. The van der Waals surface area contributed by atoms with Gasteiger partial charge in [0.15, 0.2) is 0 Å². The molecule has 1 fully saturated rings. The van der Waals surface area contributed by atoms with Gasteiger partial charge in [0.2, 0.25) is 0 Å². The summed E-state index contributed by atoms with van der Waals surface area (Å²) in [5.74, 6) is 0. The molecule has 1 aromatic heterocycles. The third kappa shape index (κ3) is 3.32. The van der Waals surface area contributed by atoms with E-state index in [2.05, 4.69) is 66.6 Å². The average molecular weight is 311 g/mol. The maximum atomic E-state index is 5.36. The lowest BCUT2D eigenvalue weighted by Gasteiger charge is -2.23.